The van der Waals surface area contributed by atoms with Gasteiger partial charge in [0.05, 0.1) is 6.42 Å². The zero-order chi connectivity index (χ0) is 14.5. The third kappa shape index (κ3) is 4.00. The molecular weight excluding hydrogens is 276 g/mol. The van der Waals surface area contributed by atoms with Crippen LogP contribution in [0.1, 0.15) is 16.7 Å². The molecule has 2 aromatic carbocycles. The van der Waals surface area contributed by atoms with E-state index in [0.29, 0.717) is 6.61 Å². The summed E-state index contributed by atoms with van der Waals surface area (Å²) in [6.07, 6.45) is 0.0392. The minimum absolute atomic E-state index is 0.0392. The lowest BCUT2D eigenvalue weighted by Crippen LogP contribution is -2.01. The molecule has 4 heteroatoms. The maximum atomic E-state index is 10.6. The first kappa shape index (κ1) is 14.4. The first-order chi connectivity index (χ1) is 9.54. The first-order valence-corrected chi connectivity index (χ1v) is 6.61. The van der Waals surface area contributed by atoms with Gasteiger partial charge in [0, 0.05) is 5.02 Å². The molecule has 20 heavy (non-hydrogen) atoms. The highest BCUT2D eigenvalue weighted by Crippen LogP contribution is 2.21. The molecule has 1 N–H and O–H groups in total. The van der Waals surface area contributed by atoms with E-state index in [0.717, 1.165) is 27.5 Å². The molecule has 0 fully saturated rings. The van der Waals surface area contributed by atoms with Gasteiger partial charge in [-0.2, -0.15) is 0 Å². The maximum absolute atomic E-state index is 10.6. The Morgan fingerprint density at radius 2 is 1.80 bits per heavy atom. The van der Waals surface area contributed by atoms with Gasteiger partial charge in [-0.1, -0.05) is 35.9 Å². The zero-order valence-corrected chi connectivity index (χ0v) is 11.9. The fourth-order valence-electron chi connectivity index (χ4n) is 1.80. The summed E-state index contributed by atoms with van der Waals surface area (Å²) in [6.45, 7) is 2.37. The number of aryl methyl sites for hydroxylation is 1. The van der Waals surface area contributed by atoms with Gasteiger partial charge in [-0.05, 0) is 41.8 Å². The molecule has 0 aliphatic heterocycles. The average molecular weight is 291 g/mol. The molecule has 0 heterocycles. The molecule has 0 aromatic heterocycles. The topological polar surface area (TPSA) is 46.5 Å². The van der Waals surface area contributed by atoms with Crippen molar-refractivity contribution >= 4 is 17.6 Å². The Morgan fingerprint density at radius 3 is 2.40 bits per heavy atom. The van der Waals surface area contributed by atoms with Crippen molar-refractivity contribution in [2.45, 2.75) is 20.0 Å². The van der Waals surface area contributed by atoms with Gasteiger partial charge in [0.15, 0.2) is 0 Å². The third-order valence-corrected chi connectivity index (χ3v) is 3.34. The third-order valence-electron chi connectivity index (χ3n) is 2.91. The zero-order valence-electron chi connectivity index (χ0n) is 11.1. The number of carboxylic acids is 1. The average Bonchev–Trinajstić information content (AvgIpc) is 2.41. The van der Waals surface area contributed by atoms with Crippen LogP contribution in [0.4, 0.5) is 0 Å². The minimum Gasteiger partial charge on any atom is -0.489 e. The SMILES string of the molecule is Cc1cc(OCc2ccc(CC(=O)O)cc2)ccc1Cl. The molecule has 0 bridgehead atoms. The van der Waals surface area contributed by atoms with Crippen LogP contribution in [0.5, 0.6) is 5.75 Å². The van der Waals surface area contributed by atoms with Gasteiger partial charge in [0.2, 0.25) is 0 Å². The molecule has 0 saturated carbocycles. The predicted octanol–water partition coefficient (Wildman–Crippen LogP) is 3.85. The molecule has 2 aromatic rings. The molecule has 0 saturated heterocycles. The van der Waals surface area contributed by atoms with Crippen LogP contribution in [0, 0.1) is 6.92 Å². The number of carbonyl (C=O) groups is 1. The number of hydrogen-bond acceptors (Lipinski definition) is 2. The Morgan fingerprint density at radius 1 is 1.15 bits per heavy atom. The van der Waals surface area contributed by atoms with Gasteiger partial charge < -0.3 is 9.84 Å². The van der Waals surface area contributed by atoms with Crippen LogP contribution in [0.15, 0.2) is 42.5 Å². The van der Waals surface area contributed by atoms with E-state index in [4.69, 9.17) is 21.4 Å². The summed E-state index contributed by atoms with van der Waals surface area (Å²) in [6, 6.07) is 12.9. The van der Waals surface area contributed by atoms with E-state index in [1.54, 1.807) is 12.1 Å². The summed E-state index contributed by atoms with van der Waals surface area (Å²) in [5, 5.41) is 9.42. The van der Waals surface area contributed by atoms with Gasteiger partial charge in [0.1, 0.15) is 12.4 Å². The van der Waals surface area contributed by atoms with E-state index in [2.05, 4.69) is 0 Å². The monoisotopic (exact) mass is 290 g/mol. The summed E-state index contributed by atoms with van der Waals surface area (Å²) in [7, 11) is 0. The van der Waals surface area contributed by atoms with Crippen LogP contribution in [0.2, 0.25) is 5.02 Å². The van der Waals surface area contributed by atoms with E-state index in [-0.39, 0.29) is 6.42 Å². The fourth-order valence-corrected chi connectivity index (χ4v) is 1.92. The summed E-state index contributed by atoms with van der Waals surface area (Å²) >= 11 is 5.95. The normalized spacial score (nSPS) is 10.3. The molecule has 0 atom stereocenters. The lowest BCUT2D eigenvalue weighted by atomic mass is 10.1. The van der Waals surface area contributed by atoms with Gasteiger partial charge in [0.25, 0.3) is 0 Å². The van der Waals surface area contributed by atoms with Crippen LogP contribution in [0.3, 0.4) is 0 Å². The molecule has 0 spiro atoms. The van der Waals surface area contributed by atoms with Crippen molar-refractivity contribution in [1.29, 1.82) is 0 Å². The van der Waals surface area contributed by atoms with Crippen molar-refractivity contribution in [2.75, 3.05) is 0 Å². The van der Waals surface area contributed by atoms with Crippen LogP contribution in [-0.2, 0) is 17.8 Å². The maximum Gasteiger partial charge on any atom is 0.307 e. The number of carboxylic acid groups (broad SMARTS) is 1. The van der Waals surface area contributed by atoms with E-state index in [1.165, 1.54) is 0 Å². The smallest absolute Gasteiger partial charge is 0.307 e. The van der Waals surface area contributed by atoms with Crippen molar-refractivity contribution in [3.63, 3.8) is 0 Å². The summed E-state index contributed by atoms with van der Waals surface area (Å²) < 4.78 is 5.67. The highest BCUT2D eigenvalue weighted by Gasteiger charge is 2.02. The van der Waals surface area contributed by atoms with E-state index < -0.39 is 5.97 Å². The van der Waals surface area contributed by atoms with Crippen LogP contribution in [0.25, 0.3) is 0 Å². The molecule has 3 nitrogen and oxygen atoms in total. The number of halogens is 1. The highest BCUT2D eigenvalue weighted by molar-refractivity contribution is 6.31. The second-order valence-electron chi connectivity index (χ2n) is 4.59. The number of hydrogen-bond donors (Lipinski definition) is 1. The summed E-state index contributed by atoms with van der Waals surface area (Å²) in [5.74, 6) is -0.0628. The van der Waals surface area contributed by atoms with E-state index >= 15 is 0 Å². The number of ether oxygens (including phenoxy) is 1. The Bertz CT molecular complexity index is 606. The molecule has 0 aliphatic carbocycles. The largest absolute Gasteiger partial charge is 0.489 e. The summed E-state index contributed by atoms with van der Waals surface area (Å²) in [5.41, 5.74) is 2.75. The first-order valence-electron chi connectivity index (χ1n) is 6.23. The molecular formula is C16H15ClO3. The molecule has 2 rings (SSSR count). The van der Waals surface area contributed by atoms with Crippen LogP contribution < -0.4 is 4.74 Å². The molecule has 0 radical (unpaired) electrons. The molecule has 0 amide bonds. The number of benzene rings is 2. The van der Waals surface area contributed by atoms with Crippen molar-refractivity contribution < 1.29 is 14.6 Å². The quantitative estimate of drug-likeness (QED) is 0.909. The van der Waals surface area contributed by atoms with Crippen LogP contribution in [-0.4, -0.2) is 11.1 Å². The highest BCUT2D eigenvalue weighted by atomic mass is 35.5. The van der Waals surface area contributed by atoms with Crippen molar-refractivity contribution in [3.8, 4) is 5.75 Å². The Labute approximate surface area is 122 Å². The summed E-state index contributed by atoms with van der Waals surface area (Å²) in [4.78, 5) is 10.6. The van der Waals surface area contributed by atoms with Gasteiger partial charge >= 0.3 is 5.97 Å². The lowest BCUT2D eigenvalue weighted by Gasteiger charge is -2.08. The Kier molecular flexibility index (Phi) is 4.64. The fraction of sp³-hybridized carbons (Fsp3) is 0.188. The van der Waals surface area contributed by atoms with E-state index in [1.807, 2.05) is 37.3 Å². The van der Waals surface area contributed by atoms with Crippen molar-refractivity contribution in [2.24, 2.45) is 0 Å². The minimum atomic E-state index is -0.828. The molecule has 0 unspecified atom stereocenters. The second kappa shape index (κ2) is 6.44. The Balaban J connectivity index is 1.96. The van der Waals surface area contributed by atoms with Crippen molar-refractivity contribution in [1.82, 2.24) is 0 Å². The van der Waals surface area contributed by atoms with Gasteiger partial charge in [-0.25, -0.2) is 0 Å². The molecule has 0 aliphatic rings. The van der Waals surface area contributed by atoms with Crippen molar-refractivity contribution in [3.05, 3.63) is 64.2 Å². The lowest BCUT2D eigenvalue weighted by molar-refractivity contribution is -0.136. The second-order valence-corrected chi connectivity index (χ2v) is 4.99. The van der Waals surface area contributed by atoms with Gasteiger partial charge in [-0.3, -0.25) is 4.79 Å². The van der Waals surface area contributed by atoms with Gasteiger partial charge in [-0.15, -0.1) is 0 Å². The van der Waals surface area contributed by atoms with Crippen LogP contribution >= 0.6 is 11.6 Å². The van der Waals surface area contributed by atoms with E-state index in [9.17, 15) is 4.79 Å². The standard InChI is InChI=1S/C16H15ClO3/c1-11-8-14(6-7-15(11)17)20-10-13-4-2-12(3-5-13)9-16(18)19/h2-8H,9-10H2,1H3,(H,18,19). The number of rotatable bonds is 5. The number of aliphatic carboxylic acids is 1. The Hall–Kier alpha value is -2.00. The predicted molar refractivity (Wildman–Crippen MR) is 78.3 cm³/mol. The molecule has 104 valence electrons.